The van der Waals surface area contributed by atoms with Crippen LogP contribution in [0.1, 0.15) is 22.5 Å². The number of furan rings is 1. The second-order valence-electron chi connectivity index (χ2n) is 5.11. The predicted molar refractivity (Wildman–Crippen MR) is 70.0 cm³/mol. The lowest BCUT2D eigenvalue weighted by atomic mass is 9.92. The fourth-order valence-electron chi connectivity index (χ4n) is 2.74. The maximum absolute atomic E-state index is 12.2. The van der Waals surface area contributed by atoms with Crippen molar-refractivity contribution in [2.75, 3.05) is 26.0 Å². The summed E-state index contributed by atoms with van der Waals surface area (Å²) in [5.41, 5.74) is 0.691. The van der Waals surface area contributed by atoms with Crippen LogP contribution in [0.4, 0.5) is 0 Å². The summed E-state index contributed by atoms with van der Waals surface area (Å²) in [7, 11) is 1.76. The van der Waals surface area contributed by atoms with Gasteiger partial charge in [0, 0.05) is 26.0 Å². The van der Waals surface area contributed by atoms with E-state index in [4.69, 9.17) is 9.15 Å². The van der Waals surface area contributed by atoms with Crippen LogP contribution >= 0.6 is 11.8 Å². The fraction of sp³-hybridized carbons (Fsp3) is 0.615. The number of aryl methyl sites for hydroxylation is 1. The minimum atomic E-state index is 0.0911. The Morgan fingerprint density at radius 1 is 1.61 bits per heavy atom. The Labute approximate surface area is 111 Å². The molecule has 1 amide bonds. The number of hydrogen-bond acceptors (Lipinski definition) is 4. The highest BCUT2D eigenvalue weighted by Gasteiger charge is 2.51. The van der Waals surface area contributed by atoms with Crippen molar-refractivity contribution in [1.82, 2.24) is 4.90 Å². The lowest BCUT2D eigenvalue weighted by Gasteiger charge is -2.47. The van der Waals surface area contributed by atoms with Gasteiger partial charge in [0.25, 0.3) is 5.91 Å². The summed E-state index contributed by atoms with van der Waals surface area (Å²) in [6, 6.07) is 1.75. The third-order valence-electron chi connectivity index (χ3n) is 3.84. The quantitative estimate of drug-likeness (QED) is 0.821. The van der Waals surface area contributed by atoms with Crippen LogP contribution < -0.4 is 0 Å². The van der Waals surface area contributed by atoms with Crippen molar-refractivity contribution in [3.63, 3.8) is 0 Å². The molecule has 2 saturated heterocycles. The number of ether oxygens (including phenoxy) is 1. The molecule has 5 heteroatoms. The predicted octanol–water partition coefficient (Wildman–Crippen LogP) is 1.93. The summed E-state index contributed by atoms with van der Waals surface area (Å²) in [4.78, 5) is 14.1. The zero-order valence-corrected chi connectivity index (χ0v) is 11.5. The first-order valence-corrected chi connectivity index (χ1v) is 7.12. The Morgan fingerprint density at radius 2 is 2.39 bits per heavy atom. The first-order chi connectivity index (χ1) is 8.63. The van der Waals surface area contributed by atoms with Gasteiger partial charge in [-0.2, -0.15) is 0 Å². The second kappa shape index (κ2) is 4.31. The molecule has 1 spiro atoms. The van der Waals surface area contributed by atoms with E-state index in [1.165, 1.54) is 0 Å². The van der Waals surface area contributed by atoms with Crippen LogP contribution in [-0.2, 0) is 4.74 Å². The lowest BCUT2D eigenvalue weighted by molar-refractivity contribution is 0.0450. The monoisotopic (exact) mass is 267 g/mol. The zero-order chi connectivity index (χ0) is 12.8. The first-order valence-electron chi connectivity index (χ1n) is 6.14. The molecule has 1 atom stereocenters. The summed E-state index contributed by atoms with van der Waals surface area (Å²) >= 11 is 1.94. The van der Waals surface area contributed by atoms with Gasteiger partial charge in [-0.05, 0) is 19.4 Å². The maximum Gasteiger partial charge on any atom is 0.257 e. The number of carbonyl (C=O) groups is 1. The molecule has 3 rings (SSSR count). The van der Waals surface area contributed by atoms with Gasteiger partial charge < -0.3 is 14.1 Å². The van der Waals surface area contributed by atoms with Crippen LogP contribution in [0.25, 0.3) is 0 Å². The van der Waals surface area contributed by atoms with Gasteiger partial charge in [0.05, 0.1) is 22.7 Å². The highest BCUT2D eigenvalue weighted by atomic mass is 32.2. The third kappa shape index (κ3) is 1.86. The summed E-state index contributed by atoms with van der Waals surface area (Å²) in [5.74, 6) is 1.84. The number of hydrogen-bond donors (Lipinski definition) is 0. The van der Waals surface area contributed by atoms with Gasteiger partial charge in [0.1, 0.15) is 5.76 Å². The van der Waals surface area contributed by atoms with E-state index in [1.54, 1.807) is 19.4 Å². The van der Waals surface area contributed by atoms with E-state index in [0.717, 1.165) is 25.3 Å². The van der Waals surface area contributed by atoms with Crippen molar-refractivity contribution in [1.29, 1.82) is 0 Å². The van der Waals surface area contributed by atoms with Gasteiger partial charge >= 0.3 is 0 Å². The molecule has 18 heavy (non-hydrogen) atoms. The van der Waals surface area contributed by atoms with E-state index in [-0.39, 0.29) is 10.7 Å². The molecule has 1 aromatic rings. The average molecular weight is 267 g/mol. The van der Waals surface area contributed by atoms with Gasteiger partial charge in [0.2, 0.25) is 0 Å². The van der Waals surface area contributed by atoms with E-state index in [2.05, 4.69) is 0 Å². The fourth-order valence-corrected chi connectivity index (χ4v) is 4.34. The summed E-state index contributed by atoms with van der Waals surface area (Å²) < 4.78 is 10.8. The van der Waals surface area contributed by atoms with Crippen molar-refractivity contribution < 1.29 is 13.9 Å². The van der Waals surface area contributed by atoms with Crippen molar-refractivity contribution in [3.8, 4) is 0 Å². The minimum absolute atomic E-state index is 0.0911. The molecule has 0 radical (unpaired) electrons. The van der Waals surface area contributed by atoms with Gasteiger partial charge in [-0.3, -0.25) is 4.79 Å². The summed E-state index contributed by atoms with van der Waals surface area (Å²) in [6.45, 7) is 3.50. The van der Waals surface area contributed by atoms with Crippen LogP contribution in [0.3, 0.4) is 0 Å². The Morgan fingerprint density at radius 3 is 2.94 bits per heavy atom. The van der Waals surface area contributed by atoms with E-state index in [1.807, 2.05) is 23.6 Å². The van der Waals surface area contributed by atoms with Crippen LogP contribution in [0.2, 0.25) is 0 Å². The molecule has 2 aliphatic heterocycles. The highest BCUT2D eigenvalue weighted by molar-refractivity contribution is 8.01. The Hall–Kier alpha value is -0.940. The Bertz CT molecular complexity index is 465. The van der Waals surface area contributed by atoms with E-state index in [9.17, 15) is 4.79 Å². The van der Waals surface area contributed by atoms with Crippen LogP contribution in [-0.4, -0.2) is 47.6 Å². The normalized spacial score (nSPS) is 25.4. The Kier molecular flexibility index (Phi) is 2.90. The largest absolute Gasteiger partial charge is 0.469 e. The van der Waals surface area contributed by atoms with Gasteiger partial charge in [-0.1, -0.05) is 0 Å². The smallest absolute Gasteiger partial charge is 0.257 e. The summed E-state index contributed by atoms with van der Waals surface area (Å²) in [6.07, 6.45) is 2.98. The molecule has 2 fully saturated rings. The van der Waals surface area contributed by atoms with E-state index >= 15 is 0 Å². The number of carbonyl (C=O) groups excluding carboxylic acids is 1. The average Bonchev–Trinajstić information content (AvgIpc) is 2.92. The molecule has 0 bridgehead atoms. The standard InChI is InChI=1S/C13H17NO3S/c1-9-11(3-4-17-9)12(15)14-7-13(8-14)5-10(16-2)6-18-13/h3-4,10H,5-8H2,1-2H3/t10-/m1/s1. The topological polar surface area (TPSA) is 42.7 Å². The number of likely N-dealkylation sites (tertiary alicyclic amines) is 1. The number of rotatable bonds is 2. The van der Waals surface area contributed by atoms with Crippen molar-refractivity contribution in [3.05, 3.63) is 23.7 Å². The number of methoxy groups -OCH3 is 1. The maximum atomic E-state index is 12.2. The molecule has 1 aromatic heterocycles. The Balaban J connectivity index is 1.63. The third-order valence-corrected chi connectivity index (χ3v) is 5.42. The molecule has 2 aliphatic rings. The first kappa shape index (κ1) is 12.1. The molecule has 0 aromatic carbocycles. The van der Waals surface area contributed by atoms with Crippen LogP contribution in [0.5, 0.6) is 0 Å². The summed E-state index contributed by atoms with van der Waals surface area (Å²) in [5, 5.41) is 0. The molecular formula is C13H17NO3S. The van der Waals surface area contributed by atoms with Gasteiger partial charge in [0.15, 0.2) is 0 Å². The van der Waals surface area contributed by atoms with Crippen molar-refractivity contribution in [2.24, 2.45) is 0 Å². The van der Waals surface area contributed by atoms with Gasteiger partial charge in [-0.15, -0.1) is 11.8 Å². The number of thioether (sulfide) groups is 1. The minimum Gasteiger partial charge on any atom is -0.469 e. The van der Waals surface area contributed by atoms with Crippen LogP contribution in [0, 0.1) is 6.92 Å². The zero-order valence-electron chi connectivity index (χ0n) is 10.6. The molecule has 0 aliphatic carbocycles. The molecule has 0 unspecified atom stereocenters. The number of amides is 1. The van der Waals surface area contributed by atoms with Gasteiger partial charge in [-0.25, -0.2) is 0 Å². The molecule has 3 heterocycles. The van der Waals surface area contributed by atoms with Crippen LogP contribution in [0.15, 0.2) is 16.7 Å². The molecule has 0 N–H and O–H groups in total. The lowest BCUT2D eigenvalue weighted by Crippen LogP contribution is -2.60. The SMILES string of the molecule is CO[C@H]1CSC2(C1)CN(C(=O)c1ccoc1C)C2. The number of nitrogens with zero attached hydrogens (tertiary/aromatic N) is 1. The second-order valence-corrected chi connectivity index (χ2v) is 6.60. The molecular weight excluding hydrogens is 250 g/mol. The van der Waals surface area contributed by atoms with Crippen molar-refractivity contribution >= 4 is 17.7 Å². The van der Waals surface area contributed by atoms with E-state index < -0.39 is 0 Å². The van der Waals surface area contributed by atoms with E-state index in [0.29, 0.717) is 17.4 Å². The molecule has 0 saturated carbocycles. The van der Waals surface area contributed by atoms with Crippen molar-refractivity contribution in [2.45, 2.75) is 24.2 Å². The highest BCUT2D eigenvalue weighted by Crippen LogP contribution is 2.46. The molecule has 4 nitrogen and oxygen atoms in total. The molecule has 98 valence electrons.